The third-order valence-electron chi connectivity index (χ3n) is 3.45. The summed E-state index contributed by atoms with van der Waals surface area (Å²) >= 11 is 0. The Kier molecular flexibility index (Phi) is 5.16. The van der Waals surface area contributed by atoms with Gasteiger partial charge in [0.15, 0.2) is 0 Å². The molecule has 0 aliphatic rings. The van der Waals surface area contributed by atoms with Crippen LogP contribution in [0.15, 0.2) is 24.3 Å². The monoisotopic (exact) mass is 288 g/mol. The van der Waals surface area contributed by atoms with Gasteiger partial charge in [-0.15, -0.1) is 0 Å². The molecule has 0 unspecified atom stereocenters. The number of hydrogen-bond acceptors (Lipinski definition) is 2. The van der Waals surface area contributed by atoms with Crippen LogP contribution < -0.4 is 11.1 Å². The molecule has 0 atom stereocenters. The summed E-state index contributed by atoms with van der Waals surface area (Å²) in [7, 11) is 0. The average molecular weight is 288 g/mol. The van der Waals surface area contributed by atoms with E-state index in [0.29, 0.717) is 18.4 Å². The van der Waals surface area contributed by atoms with E-state index in [1.54, 1.807) is 0 Å². The number of benzene rings is 1. The maximum Gasteiger partial charge on any atom is 0.416 e. The fourth-order valence-electron chi connectivity index (χ4n) is 1.74. The summed E-state index contributed by atoms with van der Waals surface area (Å²) in [5.41, 5.74) is 4.89. The highest BCUT2D eigenvalue weighted by Crippen LogP contribution is 2.29. The van der Waals surface area contributed by atoms with Crippen molar-refractivity contribution < 1.29 is 18.0 Å². The summed E-state index contributed by atoms with van der Waals surface area (Å²) in [6.07, 6.45) is -3.34. The third-order valence-corrected chi connectivity index (χ3v) is 3.45. The molecule has 0 saturated carbocycles. The number of nitrogens with one attached hydrogen (secondary N) is 1. The summed E-state index contributed by atoms with van der Waals surface area (Å²) in [5, 5.41) is 2.65. The number of amides is 1. The molecule has 0 aromatic heterocycles. The number of carbonyl (C=O) groups excluding carboxylic acids is 1. The molecule has 3 N–H and O–H groups in total. The zero-order valence-electron chi connectivity index (χ0n) is 11.6. The molecule has 0 radical (unpaired) electrons. The van der Waals surface area contributed by atoms with E-state index in [1.807, 2.05) is 13.8 Å². The van der Waals surface area contributed by atoms with E-state index in [0.717, 1.165) is 12.1 Å². The first-order valence-corrected chi connectivity index (χ1v) is 6.46. The van der Waals surface area contributed by atoms with Crippen LogP contribution in [0.25, 0.3) is 0 Å². The second-order valence-corrected chi connectivity index (χ2v) is 4.74. The molecule has 0 fully saturated rings. The first-order valence-electron chi connectivity index (χ1n) is 6.46. The maximum absolute atomic E-state index is 12.4. The van der Waals surface area contributed by atoms with Crippen molar-refractivity contribution in [3.63, 3.8) is 0 Å². The Morgan fingerprint density at radius 2 is 1.65 bits per heavy atom. The quantitative estimate of drug-likeness (QED) is 0.875. The molecule has 3 nitrogen and oxygen atoms in total. The third kappa shape index (κ3) is 3.96. The second kappa shape index (κ2) is 6.26. The highest BCUT2D eigenvalue weighted by atomic mass is 19.4. The minimum Gasteiger partial charge on any atom is -0.350 e. The van der Waals surface area contributed by atoms with Gasteiger partial charge in [0.1, 0.15) is 0 Å². The van der Waals surface area contributed by atoms with E-state index in [-0.39, 0.29) is 12.5 Å². The van der Waals surface area contributed by atoms with Crippen LogP contribution in [0.2, 0.25) is 0 Å². The van der Waals surface area contributed by atoms with Crippen LogP contribution in [0.4, 0.5) is 13.2 Å². The molecule has 0 aliphatic heterocycles. The minimum atomic E-state index is -4.35. The predicted molar refractivity (Wildman–Crippen MR) is 70.8 cm³/mol. The van der Waals surface area contributed by atoms with Crippen molar-refractivity contribution in [3.05, 3.63) is 35.4 Å². The van der Waals surface area contributed by atoms with Crippen molar-refractivity contribution in [2.75, 3.05) is 0 Å². The van der Waals surface area contributed by atoms with Gasteiger partial charge >= 0.3 is 6.18 Å². The van der Waals surface area contributed by atoms with E-state index in [9.17, 15) is 18.0 Å². The molecule has 0 spiro atoms. The number of carbonyl (C=O) groups is 1. The first kappa shape index (κ1) is 16.5. The smallest absolute Gasteiger partial charge is 0.350 e. The lowest BCUT2D eigenvalue weighted by atomic mass is 9.93. The Morgan fingerprint density at radius 3 is 2.05 bits per heavy atom. The molecule has 112 valence electrons. The number of halogens is 3. The highest BCUT2D eigenvalue weighted by molar-refractivity contribution is 5.85. The van der Waals surface area contributed by atoms with Gasteiger partial charge in [-0.05, 0) is 30.5 Å². The summed E-state index contributed by atoms with van der Waals surface area (Å²) in [6, 6.07) is 4.69. The van der Waals surface area contributed by atoms with Crippen molar-refractivity contribution in [1.29, 1.82) is 0 Å². The Hall–Kier alpha value is -1.56. The second-order valence-electron chi connectivity index (χ2n) is 4.74. The molecule has 0 saturated heterocycles. The largest absolute Gasteiger partial charge is 0.416 e. The predicted octanol–water partition coefficient (Wildman–Crippen LogP) is 2.84. The molecule has 0 heterocycles. The Morgan fingerprint density at radius 1 is 1.15 bits per heavy atom. The van der Waals surface area contributed by atoms with E-state index in [2.05, 4.69) is 5.32 Å². The Labute approximate surface area is 116 Å². The molecular formula is C14H19F3N2O. The summed E-state index contributed by atoms with van der Waals surface area (Å²) in [6.45, 7) is 3.80. The fourth-order valence-corrected chi connectivity index (χ4v) is 1.74. The number of rotatable bonds is 5. The van der Waals surface area contributed by atoms with Gasteiger partial charge in [0.05, 0.1) is 11.1 Å². The summed E-state index contributed by atoms with van der Waals surface area (Å²) in [5.74, 6) is -0.289. The molecule has 1 aromatic carbocycles. The molecule has 0 bridgehead atoms. The maximum atomic E-state index is 12.4. The van der Waals surface area contributed by atoms with Crippen LogP contribution in [0.3, 0.4) is 0 Å². The van der Waals surface area contributed by atoms with Gasteiger partial charge < -0.3 is 11.1 Å². The molecule has 1 rings (SSSR count). The number of alkyl halides is 3. The SMILES string of the molecule is CCC(N)(CC)C(=O)NCc1ccc(C(F)(F)F)cc1. The lowest BCUT2D eigenvalue weighted by molar-refractivity contribution is -0.137. The first-order chi connectivity index (χ1) is 9.23. The zero-order chi connectivity index (χ0) is 15.4. The van der Waals surface area contributed by atoms with Crippen LogP contribution in [0.1, 0.15) is 37.8 Å². The summed E-state index contributed by atoms with van der Waals surface area (Å²) < 4.78 is 37.2. The lowest BCUT2D eigenvalue weighted by Gasteiger charge is -2.25. The van der Waals surface area contributed by atoms with Crippen molar-refractivity contribution in [2.45, 2.75) is 44.9 Å². The van der Waals surface area contributed by atoms with Gasteiger partial charge in [-0.25, -0.2) is 0 Å². The molecule has 1 amide bonds. The van der Waals surface area contributed by atoms with Crippen molar-refractivity contribution >= 4 is 5.91 Å². The average Bonchev–Trinajstić information content (AvgIpc) is 2.43. The van der Waals surface area contributed by atoms with Gasteiger partial charge in [-0.2, -0.15) is 13.2 Å². The van der Waals surface area contributed by atoms with E-state index >= 15 is 0 Å². The minimum absolute atomic E-state index is 0.163. The fraction of sp³-hybridized carbons (Fsp3) is 0.500. The van der Waals surface area contributed by atoms with Crippen LogP contribution in [-0.2, 0) is 17.5 Å². The van der Waals surface area contributed by atoms with Gasteiger partial charge in [-0.1, -0.05) is 26.0 Å². The number of hydrogen-bond donors (Lipinski definition) is 2. The van der Waals surface area contributed by atoms with Crippen LogP contribution >= 0.6 is 0 Å². The summed E-state index contributed by atoms with van der Waals surface area (Å²) in [4.78, 5) is 11.9. The molecule has 6 heteroatoms. The zero-order valence-corrected chi connectivity index (χ0v) is 11.6. The lowest BCUT2D eigenvalue weighted by Crippen LogP contribution is -2.52. The van der Waals surface area contributed by atoms with Gasteiger partial charge in [-0.3, -0.25) is 4.79 Å². The number of nitrogens with two attached hydrogens (primary N) is 1. The topological polar surface area (TPSA) is 55.1 Å². The van der Waals surface area contributed by atoms with Crippen molar-refractivity contribution in [1.82, 2.24) is 5.32 Å². The molecule has 20 heavy (non-hydrogen) atoms. The van der Waals surface area contributed by atoms with Gasteiger partial charge in [0.2, 0.25) is 5.91 Å². The van der Waals surface area contributed by atoms with E-state index in [1.165, 1.54) is 12.1 Å². The van der Waals surface area contributed by atoms with Crippen molar-refractivity contribution in [3.8, 4) is 0 Å². The highest BCUT2D eigenvalue weighted by Gasteiger charge is 2.31. The van der Waals surface area contributed by atoms with Gasteiger partial charge in [0, 0.05) is 6.54 Å². The van der Waals surface area contributed by atoms with Crippen molar-refractivity contribution in [2.24, 2.45) is 5.73 Å². The van der Waals surface area contributed by atoms with E-state index < -0.39 is 17.3 Å². The molecular weight excluding hydrogens is 269 g/mol. The van der Waals surface area contributed by atoms with Gasteiger partial charge in [0.25, 0.3) is 0 Å². The standard InChI is InChI=1S/C14H19F3N2O/c1-3-13(18,4-2)12(20)19-9-10-5-7-11(8-6-10)14(15,16)17/h5-8H,3-4,9,18H2,1-2H3,(H,19,20). The molecule has 1 aromatic rings. The van der Waals surface area contributed by atoms with E-state index in [4.69, 9.17) is 5.73 Å². The molecule has 0 aliphatic carbocycles. The van der Waals surface area contributed by atoms with Crippen LogP contribution in [-0.4, -0.2) is 11.4 Å². The van der Waals surface area contributed by atoms with Crippen LogP contribution in [0.5, 0.6) is 0 Å². The van der Waals surface area contributed by atoms with Crippen LogP contribution in [0, 0.1) is 0 Å². The Balaban J connectivity index is 2.65. The Bertz CT molecular complexity index is 450. The normalized spacial score (nSPS) is 12.3.